The average molecular weight is 483 g/mol. The molecule has 0 radical (unpaired) electrons. The second kappa shape index (κ2) is 8.97. The van der Waals surface area contributed by atoms with Gasteiger partial charge in [-0.25, -0.2) is 17.8 Å². The van der Waals surface area contributed by atoms with E-state index in [1.165, 1.54) is 22.2 Å². The Balaban J connectivity index is 1.51. The summed E-state index contributed by atoms with van der Waals surface area (Å²) >= 11 is 7.46. The van der Waals surface area contributed by atoms with Crippen molar-refractivity contribution in [2.45, 2.75) is 24.2 Å². The molecule has 11 heteroatoms. The van der Waals surface area contributed by atoms with E-state index < -0.39 is 20.7 Å². The number of benzene rings is 1. The number of sulfonamides is 1. The highest BCUT2D eigenvalue weighted by molar-refractivity contribution is 7.92. The summed E-state index contributed by atoms with van der Waals surface area (Å²) in [6, 6.07) is 2.06. The molecule has 1 aromatic carbocycles. The van der Waals surface area contributed by atoms with Crippen LogP contribution in [0.3, 0.4) is 0 Å². The largest absolute Gasteiger partial charge is 0.491 e. The van der Waals surface area contributed by atoms with Gasteiger partial charge in [-0.3, -0.25) is 9.40 Å². The Bertz CT molecular complexity index is 1210. The number of aryl methyl sites for hydroxylation is 1. The van der Waals surface area contributed by atoms with E-state index in [4.69, 9.17) is 16.3 Å². The Morgan fingerprint density at radius 1 is 1.42 bits per heavy atom. The molecule has 4 rings (SSSR count). The number of halogens is 2. The van der Waals surface area contributed by atoms with Crippen LogP contribution in [0.5, 0.6) is 5.75 Å². The highest BCUT2D eigenvalue weighted by Crippen LogP contribution is 2.35. The van der Waals surface area contributed by atoms with Crippen LogP contribution in [-0.4, -0.2) is 29.8 Å². The molecule has 1 aliphatic rings. The molecule has 0 saturated heterocycles. The van der Waals surface area contributed by atoms with Crippen molar-refractivity contribution in [3.05, 3.63) is 57.9 Å². The number of allylic oxidation sites excluding steroid dienone is 1. The molecule has 0 amide bonds. The number of aromatic nitrogens is 3. The van der Waals surface area contributed by atoms with Crippen LogP contribution in [0.2, 0.25) is 5.02 Å². The predicted molar refractivity (Wildman–Crippen MR) is 118 cm³/mol. The molecule has 3 aromatic rings. The topological polar surface area (TPSA) is 86.1 Å². The second-order valence-electron chi connectivity index (χ2n) is 7.19. The predicted octanol–water partition coefficient (Wildman–Crippen LogP) is 4.73. The summed E-state index contributed by atoms with van der Waals surface area (Å²) in [5, 5.41) is 5.75. The molecule has 1 unspecified atom stereocenters. The Morgan fingerprint density at radius 3 is 2.97 bits per heavy atom. The van der Waals surface area contributed by atoms with Crippen LogP contribution >= 0.6 is 22.9 Å². The van der Waals surface area contributed by atoms with Crippen molar-refractivity contribution in [2.24, 2.45) is 13.0 Å². The fourth-order valence-electron chi connectivity index (χ4n) is 3.51. The molecule has 0 saturated carbocycles. The molecule has 0 spiro atoms. The highest BCUT2D eigenvalue weighted by Gasteiger charge is 2.25. The number of nitrogens with one attached hydrogen (secondary N) is 1. The summed E-state index contributed by atoms with van der Waals surface area (Å²) in [6.45, 7) is 0.295. The van der Waals surface area contributed by atoms with Gasteiger partial charge in [-0.15, -0.1) is 11.3 Å². The first-order valence-electron chi connectivity index (χ1n) is 9.55. The summed E-state index contributed by atoms with van der Waals surface area (Å²) in [4.78, 5) is 3.28. The molecule has 0 aliphatic heterocycles. The minimum atomic E-state index is -4.17. The van der Waals surface area contributed by atoms with Gasteiger partial charge in [0.05, 0.1) is 23.3 Å². The number of ether oxygens (including phenoxy) is 1. The zero-order chi connectivity index (χ0) is 22.0. The summed E-state index contributed by atoms with van der Waals surface area (Å²) in [6.07, 6.45) is 8.87. The van der Waals surface area contributed by atoms with Gasteiger partial charge in [0.15, 0.2) is 5.82 Å². The smallest absolute Gasteiger partial charge is 0.266 e. The second-order valence-corrected chi connectivity index (χ2v) is 9.97. The van der Waals surface area contributed by atoms with Crippen LogP contribution in [0.25, 0.3) is 5.57 Å². The van der Waals surface area contributed by atoms with Crippen molar-refractivity contribution in [3.63, 3.8) is 0 Å². The van der Waals surface area contributed by atoms with Crippen molar-refractivity contribution in [3.8, 4) is 5.75 Å². The minimum absolute atomic E-state index is 0.0165. The summed E-state index contributed by atoms with van der Waals surface area (Å²) in [5.41, 5.74) is 3.64. The van der Waals surface area contributed by atoms with Crippen LogP contribution in [0, 0.1) is 11.7 Å². The van der Waals surface area contributed by atoms with Crippen LogP contribution in [0.15, 0.2) is 46.4 Å². The monoisotopic (exact) mass is 482 g/mol. The number of rotatable bonds is 7. The third-order valence-corrected chi connectivity index (χ3v) is 7.24. The lowest BCUT2D eigenvalue weighted by Crippen LogP contribution is -2.17. The van der Waals surface area contributed by atoms with Crippen LogP contribution in [0.1, 0.15) is 24.8 Å². The van der Waals surface area contributed by atoms with E-state index in [-0.39, 0.29) is 22.5 Å². The zero-order valence-electron chi connectivity index (χ0n) is 16.6. The minimum Gasteiger partial charge on any atom is -0.491 e. The van der Waals surface area contributed by atoms with Crippen molar-refractivity contribution in [1.29, 1.82) is 0 Å². The summed E-state index contributed by atoms with van der Waals surface area (Å²) in [7, 11) is -2.31. The normalized spacial score (nSPS) is 16.7. The van der Waals surface area contributed by atoms with E-state index in [1.54, 1.807) is 4.68 Å². The lowest BCUT2D eigenvalue weighted by molar-refractivity contribution is 0.267. The Kier molecular flexibility index (Phi) is 6.31. The fourth-order valence-corrected chi connectivity index (χ4v) is 5.44. The van der Waals surface area contributed by atoms with E-state index >= 15 is 0 Å². The number of thiazole rings is 1. The van der Waals surface area contributed by atoms with Gasteiger partial charge in [-0.05, 0) is 30.9 Å². The zero-order valence-corrected chi connectivity index (χ0v) is 19.0. The average Bonchev–Trinajstić information content (AvgIpc) is 3.39. The van der Waals surface area contributed by atoms with Crippen LogP contribution in [0.4, 0.5) is 10.2 Å². The molecule has 2 heterocycles. The lowest BCUT2D eigenvalue weighted by atomic mass is 9.85. The van der Waals surface area contributed by atoms with Crippen LogP contribution in [-0.2, 0) is 17.1 Å². The molecule has 1 atom stereocenters. The van der Waals surface area contributed by atoms with E-state index in [9.17, 15) is 12.8 Å². The Labute approximate surface area is 188 Å². The number of nitrogens with zero attached hydrogens (tertiary/aromatic N) is 3. The highest BCUT2D eigenvalue weighted by atomic mass is 35.5. The SMILES string of the molecule is Cn1cc(C2=CCCCC2COc2cc(F)c(S(=O)(=O)Nc3cscn3)cc2Cl)cn1. The van der Waals surface area contributed by atoms with Crippen molar-refractivity contribution < 1.29 is 17.5 Å². The molecule has 1 aliphatic carbocycles. The molecule has 2 aromatic heterocycles. The first-order valence-corrected chi connectivity index (χ1v) is 12.4. The maximum absolute atomic E-state index is 14.7. The Morgan fingerprint density at radius 2 is 2.26 bits per heavy atom. The first kappa shape index (κ1) is 21.8. The molecule has 31 heavy (non-hydrogen) atoms. The first-order chi connectivity index (χ1) is 14.8. The fraction of sp³-hybridized carbons (Fsp3) is 0.300. The molecule has 0 bridgehead atoms. The third kappa shape index (κ3) is 4.91. The van der Waals surface area contributed by atoms with Gasteiger partial charge < -0.3 is 4.74 Å². The quantitative estimate of drug-likeness (QED) is 0.526. The maximum Gasteiger partial charge on any atom is 0.266 e. The van der Waals surface area contributed by atoms with E-state index in [1.807, 2.05) is 19.4 Å². The van der Waals surface area contributed by atoms with Crippen LogP contribution < -0.4 is 9.46 Å². The van der Waals surface area contributed by atoms with E-state index in [2.05, 4.69) is 20.9 Å². The lowest BCUT2D eigenvalue weighted by Gasteiger charge is -2.24. The number of anilines is 1. The van der Waals surface area contributed by atoms with Gasteiger partial charge in [-0.1, -0.05) is 17.7 Å². The van der Waals surface area contributed by atoms with Gasteiger partial charge in [0.2, 0.25) is 0 Å². The summed E-state index contributed by atoms with van der Waals surface area (Å²) in [5.74, 6) is -0.628. The van der Waals surface area contributed by atoms with Crippen molar-refractivity contribution in [2.75, 3.05) is 11.3 Å². The maximum atomic E-state index is 14.7. The van der Waals surface area contributed by atoms with E-state index in [0.29, 0.717) is 6.61 Å². The van der Waals surface area contributed by atoms with Crippen molar-refractivity contribution >= 4 is 44.4 Å². The van der Waals surface area contributed by atoms with E-state index in [0.717, 1.165) is 42.5 Å². The molecule has 7 nitrogen and oxygen atoms in total. The summed E-state index contributed by atoms with van der Waals surface area (Å²) < 4.78 is 49.4. The molecule has 1 N–H and O–H groups in total. The molecule has 164 valence electrons. The van der Waals surface area contributed by atoms with Gasteiger partial charge in [0.1, 0.15) is 16.5 Å². The molecular weight excluding hydrogens is 463 g/mol. The van der Waals surface area contributed by atoms with Gasteiger partial charge in [0, 0.05) is 36.2 Å². The molecular formula is C20H20ClFN4O3S2. The van der Waals surface area contributed by atoms with Gasteiger partial charge >= 0.3 is 0 Å². The number of hydrogen-bond donors (Lipinski definition) is 1. The molecule has 0 fully saturated rings. The Hall–Kier alpha value is -2.43. The van der Waals surface area contributed by atoms with Gasteiger partial charge in [-0.2, -0.15) is 5.10 Å². The standard InChI is InChI=1S/C20H20ClFN4O3S2/c1-26-9-14(8-24-26)15-5-3-2-4-13(15)10-29-18-7-17(22)19(6-16(18)21)31(27,28)25-20-11-30-12-23-20/h5-9,11-13,25H,2-4,10H2,1H3. The number of hydrogen-bond acceptors (Lipinski definition) is 6. The van der Waals surface area contributed by atoms with Crippen molar-refractivity contribution in [1.82, 2.24) is 14.8 Å². The van der Waals surface area contributed by atoms with Gasteiger partial charge in [0.25, 0.3) is 10.0 Å². The third-order valence-electron chi connectivity index (χ3n) is 4.99.